The summed E-state index contributed by atoms with van der Waals surface area (Å²) in [6.07, 6.45) is 0. The lowest BCUT2D eigenvalue weighted by atomic mass is 10.2. The second-order valence-corrected chi connectivity index (χ2v) is 5.92. The minimum absolute atomic E-state index is 0.193. The average Bonchev–Trinajstić information content (AvgIpc) is 2.97. The molecule has 1 heterocycles. The molecule has 0 aliphatic rings. The Hall–Kier alpha value is -1.86. The molecular formula is C16H18BrN3O2S. The number of benzene rings is 1. The Morgan fingerprint density at radius 3 is 2.35 bits per heavy atom. The minimum atomic E-state index is -0.395. The molecule has 1 amide bonds. The molecule has 0 unspecified atom stereocenters. The van der Waals surface area contributed by atoms with Gasteiger partial charge in [-0.3, -0.25) is 10.1 Å². The molecule has 2 aromatic rings. The molecule has 23 heavy (non-hydrogen) atoms. The lowest BCUT2D eigenvalue weighted by Gasteiger charge is -2.21. The van der Waals surface area contributed by atoms with Crippen LogP contribution in [-0.2, 0) is 0 Å². The van der Waals surface area contributed by atoms with Crippen LogP contribution in [0.25, 0.3) is 0 Å². The maximum Gasteiger partial charge on any atom is 0.293 e. The van der Waals surface area contributed by atoms with E-state index in [0.29, 0.717) is 4.67 Å². The van der Waals surface area contributed by atoms with Crippen molar-refractivity contribution >= 4 is 50.5 Å². The molecule has 2 rings (SSSR count). The zero-order valence-electron chi connectivity index (χ0n) is 12.9. The second kappa shape index (κ2) is 8.12. The fourth-order valence-electron chi connectivity index (χ4n) is 2.11. The summed E-state index contributed by atoms with van der Waals surface area (Å²) in [5.41, 5.74) is 1.96. The highest BCUT2D eigenvalue weighted by Gasteiger charge is 2.12. The fourth-order valence-corrected chi connectivity index (χ4v) is 2.62. The molecular weight excluding hydrogens is 378 g/mol. The van der Waals surface area contributed by atoms with Crippen molar-refractivity contribution in [3.63, 3.8) is 0 Å². The Labute approximate surface area is 149 Å². The summed E-state index contributed by atoms with van der Waals surface area (Å²) in [6.45, 7) is 6.15. The summed E-state index contributed by atoms with van der Waals surface area (Å²) in [7, 11) is 0. The van der Waals surface area contributed by atoms with Gasteiger partial charge in [0.05, 0.1) is 0 Å². The van der Waals surface area contributed by atoms with Crippen LogP contribution < -0.4 is 15.5 Å². The van der Waals surface area contributed by atoms with Crippen LogP contribution in [0.3, 0.4) is 0 Å². The third-order valence-electron chi connectivity index (χ3n) is 3.28. The van der Waals surface area contributed by atoms with Crippen molar-refractivity contribution in [3.05, 3.63) is 46.8 Å². The number of anilines is 2. The van der Waals surface area contributed by atoms with Crippen molar-refractivity contribution in [3.8, 4) is 0 Å². The van der Waals surface area contributed by atoms with Crippen molar-refractivity contribution < 1.29 is 9.21 Å². The lowest BCUT2D eigenvalue weighted by molar-refractivity contribution is 0.0949. The molecule has 0 fully saturated rings. The van der Waals surface area contributed by atoms with Gasteiger partial charge in [-0.2, -0.15) is 0 Å². The van der Waals surface area contributed by atoms with Gasteiger partial charge in [0.1, 0.15) is 0 Å². The average molecular weight is 396 g/mol. The second-order valence-electron chi connectivity index (χ2n) is 4.73. The molecule has 0 radical (unpaired) electrons. The predicted octanol–water partition coefficient (Wildman–Crippen LogP) is 4.02. The fraction of sp³-hybridized carbons (Fsp3) is 0.250. The topological polar surface area (TPSA) is 57.5 Å². The molecule has 1 aromatic carbocycles. The summed E-state index contributed by atoms with van der Waals surface area (Å²) in [6, 6.07) is 11.1. The third kappa shape index (κ3) is 4.80. The number of carbonyl (C=O) groups is 1. The van der Waals surface area contributed by atoms with Crippen molar-refractivity contribution in [1.29, 1.82) is 0 Å². The van der Waals surface area contributed by atoms with E-state index in [-0.39, 0.29) is 10.9 Å². The Kier molecular flexibility index (Phi) is 6.18. The Morgan fingerprint density at radius 2 is 1.83 bits per heavy atom. The smallest absolute Gasteiger partial charge is 0.293 e. The van der Waals surface area contributed by atoms with E-state index in [2.05, 4.69) is 45.3 Å². The number of thiocarbonyl (C=S) groups is 1. The number of carbonyl (C=O) groups excluding carboxylic acids is 1. The third-order valence-corrected chi connectivity index (χ3v) is 3.91. The number of nitrogens with zero attached hydrogens (tertiary/aromatic N) is 1. The number of hydrogen-bond donors (Lipinski definition) is 2. The SMILES string of the molecule is CCN(CC)c1ccc(NC(=S)NC(=O)c2ccc(Br)o2)cc1. The minimum Gasteiger partial charge on any atom is -0.444 e. The molecule has 0 saturated heterocycles. The normalized spacial score (nSPS) is 10.2. The quantitative estimate of drug-likeness (QED) is 0.748. The van der Waals surface area contributed by atoms with Crippen LogP contribution in [-0.4, -0.2) is 24.1 Å². The first-order valence-electron chi connectivity index (χ1n) is 7.26. The predicted molar refractivity (Wildman–Crippen MR) is 100 cm³/mol. The first kappa shape index (κ1) is 17.5. The van der Waals surface area contributed by atoms with Crippen LogP contribution in [0, 0.1) is 0 Å². The summed E-state index contributed by atoms with van der Waals surface area (Å²) >= 11 is 8.29. The number of furan rings is 1. The van der Waals surface area contributed by atoms with E-state index in [4.69, 9.17) is 16.6 Å². The van der Waals surface area contributed by atoms with E-state index in [1.165, 1.54) is 0 Å². The van der Waals surface area contributed by atoms with Gasteiger partial charge in [0.15, 0.2) is 15.5 Å². The van der Waals surface area contributed by atoms with Crippen LogP contribution in [0.4, 0.5) is 11.4 Å². The van der Waals surface area contributed by atoms with E-state index in [0.717, 1.165) is 24.5 Å². The number of hydrogen-bond acceptors (Lipinski definition) is 4. The number of halogens is 1. The van der Waals surface area contributed by atoms with E-state index in [1.807, 2.05) is 24.3 Å². The van der Waals surface area contributed by atoms with Crippen molar-refractivity contribution in [2.24, 2.45) is 0 Å². The summed E-state index contributed by atoms with van der Waals surface area (Å²) in [5.74, 6) is -0.203. The molecule has 7 heteroatoms. The monoisotopic (exact) mass is 395 g/mol. The largest absolute Gasteiger partial charge is 0.444 e. The maximum atomic E-state index is 11.9. The summed E-state index contributed by atoms with van der Waals surface area (Å²) in [4.78, 5) is 14.2. The Morgan fingerprint density at radius 1 is 1.17 bits per heavy atom. The van der Waals surface area contributed by atoms with E-state index in [1.54, 1.807) is 12.1 Å². The highest BCUT2D eigenvalue weighted by Crippen LogP contribution is 2.18. The molecule has 0 spiro atoms. The molecule has 122 valence electrons. The Bertz CT molecular complexity index is 681. The molecule has 0 atom stereocenters. The summed E-state index contributed by atoms with van der Waals surface area (Å²) in [5, 5.41) is 5.77. The number of nitrogens with one attached hydrogen (secondary N) is 2. The van der Waals surface area contributed by atoms with Gasteiger partial charge >= 0.3 is 0 Å². The molecule has 0 bridgehead atoms. The zero-order chi connectivity index (χ0) is 16.8. The van der Waals surface area contributed by atoms with E-state index in [9.17, 15) is 4.79 Å². The van der Waals surface area contributed by atoms with Crippen LogP contribution in [0.15, 0.2) is 45.5 Å². The molecule has 1 aromatic heterocycles. The molecule has 2 N–H and O–H groups in total. The van der Waals surface area contributed by atoms with Gasteiger partial charge in [-0.1, -0.05) is 0 Å². The Balaban J connectivity index is 1.93. The van der Waals surface area contributed by atoms with Gasteiger partial charge < -0.3 is 14.6 Å². The number of rotatable bonds is 5. The van der Waals surface area contributed by atoms with Gasteiger partial charge in [-0.15, -0.1) is 0 Å². The highest BCUT2D eigenvalue weighted by atomic mass is 79.9. The molecule has 0 aliphatic carbocycles. The first-order valence-corrected chi connectivity index (χ1v) is 8.46. The lowest BCUT2D eigenvalue weighted by Crippen LogP contribution is -2.33. The van der Waals surface area contributed by atoms with Crippen LogP contribution in [0.1, 0.15) is 24.4 Å². The van der Waals surface area contributed by atoms with Gasteiger partial charge in [0, 0.05) is 24.5 Å². The van der Waals surface area contributed by atoms with Crippen LogP contribution in [0.5, 0.6) is 0 Å². The van der Waals surface area contributed by atoms with Gasteiger partial charge in [0.25, 0.3) is 5.91 Å². The standard InChI is InChI=1S/C16H18BrN3O2S/c1-3-20(4-2)12-7-5-11(6-8-12)18-16(23)19-15(21)13-9-10-14(17)22-13/h5-10H,3-4H2,1-2H3,(H2,18,19,21,23). The van der Waals surface area contributed by atoms with E-state index >= 15 is 0 Å². The zero-order valence-corrected chi connectivity index (χ0v) is 15.3. The van der Waals surface area contributed by atoms with Crippen molar-refractivity contribution in [1.82, 2.24) is 5.32 Å². The highest BCUT2D eigenvalue weighted by molar-refractivity contribution is 9.10. The van der Waals surface area contributed by atoms with Crippen molar-refractivity contribution in [2.45, 2.75) is 13.8 Å². The first-order chi connectivity index (χ1) is 11.0. The summed E-state index contributed by atoms with van der Waals surface area (Å²) < 4.78 is 5.67. The van der Waals surface area contributed by atoms with Crippen molar-refractivity contribution in [2.75, 3.05) is 23.3 Å². The number of amides is 1. The van der Waals surface area contributed by atoms with Crippen LogP contribution in [0.2, 0.25) is 0 Å². The van der Waals surface area contributed by atoms with Crippen LogP contribution >= 0.6 is 28.1 Å². The molecule has 5 nitrogen and oxygen atoms in total. The van der Waals surface area contributed by atoms with E-state index < -0.39 is 5.91 Å². The maximum absolute atomic E-state index is 11.9. The molecule has 0 saturated carbocycles. The van der Waals surface area contributed by atoms with Gasteiger partial charge in [-0.05, 0) is 78.4 Å². The van der Waals surface area contributed by atoms with Gasteiger partial charge in [0.2, 0.25) is 0 Å². The molecule has 0 aliphatic heterocycles. The van der Waals surface area contributed by atoms with Gasteiger partial charge in [-0.25, -0.2) is 0 Å².